The highest BCUT2D eigenvalue weighted by Gasteiger charge is 2.23. The van der Waals surface area contributed by atoms with E-state index >= 15 is 0 Å². The van der Waals surface area contributed by atoms with E-state index in [4.69, 9.17) is 10.5 Å². The standard InChI is InChI=1S/C18H21FN2O4/c1-10-16(25-12(3)13-4-6-14(19)7-5-13)9-8-15(17(10)22)11(2)21(24)18(20)23/h4-9,11-12,22,24H,1-3H3,(H2,20,23). The quantitative estimate of drug-likeness (QED) is 0.565. The van der Waals surface area contributed by atoms with Gasteiger partial charge < -0.3 is 15.6 Å². The third-order valence-electron chi connectivity index (χ3n) is 4.10. The van der Waals surface area contributed by atoms with Crippen molar-refractivity contribution in [1.82, 2.24) is 5.06 Å². The van der Waals surface area contributed by atoms with Gasteiger partial charge in [-0.1, -0.05) is 12.1 Å². The molecule has 6 nitrogen and oxygen atoms in total. The minimum absolute atomic E-state index is 0.100. The van der Waals surface area contributed by atoms with Crippen LogP contribution in [0.2, 0.25) is 0 Å². The Morgan fingerprint density at radius 2 is 1.80 bits per heavy atom. The molecule has 25 heavy (non-hydrogen) atoms. The largest absolute Gasteiger partial charge is 0.507 e. The summed E-state index contributed by atoms with van der Waals surface area (Å²) in [7, 11) is 0. The van der Waals surface area contributed by atoms with Gasteiger partial charge >= 0.3 is 6.03 Å². The van der Waals surface area contributed by atoms with E-state index in [0.717, 1.165) is 5.56 Å². The lowest BCUT2D eigenvalue weighted by molar-refractivity contribution is -0.0714. The maximum atomic E-state index is 13.0. The first-order chi connectivity index (χ1) is 11.7. The van der Waals surface area contributed by atoms with Gasteiger partial charge in [0.1, 0.15) is 23.4 Å². The molecule has 0 saturated heterocycles. The van der Waals surface area contributed by atoms with Crippen molar-refractivity contribution in [3.05, 3.63) is 58.9 Å². The van der Waals surface area contributed by atoms with E-state index < -0.39 is 12.1 Å². The van der Waals surface area contributed by atoms with E-state index in [-0.39, 0.29) is 17.7 Å². The summed E-state index contributed by atoms with van der Waals surface area (Å²) in [4.78, 5) is 11.1. The van der Waals surface area contributed by atoms with Crippen LogP contribution in [0.25, 0.3) is 0 Å². The highest BCUT2D eigenvalue weighted by atomic mass is 19.1. The number of carbonyl (C=O) groups excluding carboxylic acids is 1. The molecule has 2 aromatic rings. The maximum absolute atomic E-state index is 13.0. The average molecular weight is 348 g/mol. The van der Waals surface area contributed by atoms with E-state index in [1.165, 1.54) is 19.1 Å². The molecule has 2 aromatic carbocycles. The van der Waals surface area contributed by atoms with Gasteiger partial charge in [-0.05, 0) is 50.6 Å². The lowest BCUT2D eigenvalue weighted by atomic mass is 10.0. The number of benzene rings is 2. The average Bonchev–Trinajstić information content (AvgIpc) is 2.58. The zero-order chi connectivity index (χ0) is 18.7. The predicted octanol–water partition coefficient (Wildman–Crippen LogP) is 3.81. The van der Waals surface area contributed by atoms with Crippen molar-refractivity contribution in [2.24, 2.45) is 5.73 Å². The van der Waals surface area contributed by atoms with Crippen LogP contribution >= 0.6 is 0 Å². The molecule has 0 spiro atoms. The molecule has 2 amide bonds. The van der Waals surface area contributed by atoms with Gasteiger partial charge in [-0.3, -0.25) is 5.21 Å². The molecule has 0 aliphatic heterocycles. The summed E-state index contributed by atoms with van der Waals surface area (Å²) >= 11 is 0. The Hall–Kier alpha value is -2.80. The molecule has 0 aliphatic carbocycles. The van der Waals surface area contributed by atoms with Crippen molar-refractivity contribution >= 4 is 6.03 Å². The summed E-state index contributed by atoms with van der Waals surface area (Å²) in [6, 6.07) is 7.30. The van der Waals surface area contributed by atoms with Crippen LogP contribution in [0.3, 0.4) is 0 Å². The van der Waals surface area contributed by atoms with E-state index in [1.54, 1.807) is 31.2 Å². The van der Waals surface area contributed by atoms with Gasteiger partial charge in [0.2, 0.25) is 0 Å². The summed E-state index contributed by atoms with van der Waals surface area (Å²) in [5.41, 5.74) is 6.61. The molecule has 4 N–H and O–H groups in total. The molecule has 0 saturated carbocycles. The number of nitrogens with zero attached hydrogens (tertiary/aromatic N) is 1. The van der Waals surface area contributed by atoms with Gasteiger partial charge in [0.25, 0.3) is 0 Å². The number of primary amides is 1. The molecule has 0 radical (unpaired) electrons. The normalized spacial score (nSPS) is 13.2. The summed E-state index contributed by atoms with van der Waals surface area (Å²) in [6.07, 6.45) is -0.359. The van der Waals surface area contributed by atoms with Crippen LogP contribution in [0, 0.1) is 12.7 Å². The first kappa shape index (κ1) is 18.5. The number of halogens is 1. The third-order valence-corrected chi connectivity index (χ3v) is 4.10. The number of rotatable bonds is 5. The number of phenols is 1. The number of amides is 2. The van der Waals surface area contributed by atoms with E-state index in [2.05, 4.69) is 0 Å². The van der Waals surface area contributed by atoms with E-state index in [1.807, 2.05) is 6.92 Å². The zero-order valence-corrected chi connectivity index (χ0v) is 14.2. The number of hydroxylamine groups is 2. The van der Waals surface area contributed by atoms with Crippen molar-refractivity contribution in [3.63, 3.8) is 0 Å². The van der Waals surface area contributed by atoms with Gasteiger partial charge in [0.15, 0.2) is 0 Å². The maximum Gasteiger partial charge on any atom is 0.339 e. The van der Waals surface area contributed by atoms with Gasteiger partial charge in [-0.2, -0.15) is 5.06 Å². The minimum atomic E-state index is -1.02. The number of aromatic hydroxyl groups is 1. The number of nitrogens with two attached hydrogens (primary N) is 1. The second-order valence-corrected chi connectivity index (χ2v) is 5.80. The Balaban J connectivity index is 2.24. The fourth-order valence-electron chi connectivity index (χ4n) is 2.48. The first-order valence-electron chi connectivity index (χ1n) is 7.74. The third kappa shape index (κ3) is 4.00. The lowest BCUT2D eigenvalue weighted by Gasteiger charge is -2.24. The molecule has 0 bridgehead atoms. The van der Waals surface area contributed by atoms with Crippen LogP contribution in [0.15, 0.2) is 36.4 Å². The van der Waals surface area contributed by atoms with Gasteiger partial charge in [-0.25, -0.2) is 9.18 Å². The highest BCUT2D eigenvalue weighted by Crippen LogP contribution is 2.37. The molecule has 134 valence electrons. The summed E-state index contributed by atoms with van der Waals surface area (Å²) in [5, 5.41) is 20.4. The predicted molar refractivity (Wildman–Crippen MR) is 89.9 cm³/mol. The molecule has 0 heterocycles. The molecule has 7 heteroatoms. The van der Waals surface area contributed by atoms with Crippen LogP contribution in [-0.4, -0.2) is 21.4 Å². The fourth-order valence-corrected chi connectivity index (χ4v) is 2.48. The van der Waals surface area contributed by atoms with Gasteiger partial charge in [-0.15, -0.1) is 0 Å². The summed E-state index contributed by atoms with van der Waals surface area (Å²) in [5.74, 6) is 0.0107. The van der Waals surface area contributed by atoms with Crippen molar-refractivity contribution in [1.29, 1.82) is 0 Å². The van der Waals surface area contributed by atoms with Crippen LogP contribution in [0.5, 0.6) is 11.5 Å². The van der Waals surface area contributed by atoms with Crippen molar-refractivity contribution in [3.8, 4) is 11.5 Å². The first-order valence-corrected chi connectivity index (χ1v) is 7.74. The molecule has 0 aromatic heterocycles. The SMILES string of the molecule is Cc1c(OC(C)c2ccc(F)cc2)ccc(C(C)N(O)C(N)=O)c1O. The highest BCUT2D eigenvalue weighted by molar-refractivity contribution is 5.71. The van der Waals surface area contributed by atoms with E-state index in [9.17, 15) is 19.5 Å². The summed E-state index contributed by atoms with van der Waals surface area (Å²) < 4.78 is 18.8. The molecular formula is C18H21FN2O4. The van der Waals surface area contributed by atoms with E-state index in [0.29, 0.717) is 21.9 Å². The second kappa shape index (κ2) is 7.40. The fraction of sp³-hybridized carbons (Fsp3) is 0.278. The number of hydrogen-bond acceptors (Lipinski definition) is 4. The van der Waals surface area contributed by atoms with Gasteiger partial charge in [0.05, 0.1) is 6.04 Å². The summed E-state index contributed by atoms with van der Waals surface area (Å²) in [6.45, 7) is 4.99. The zero-order valence-electron chi connectivity index (χ0n) is 14.2. The Labute approximate surface area is 145 Å². The molecular weight excluding hydrogens is 327 g/mol. The smallest absolute Gasteiger partial charge is 0.339 e. The number of ether oxygens (including phenoxy) is 1. The van der Waals surface area contributed by atoms with Crippen LogP contribution in [-0.2, 0) is 0 Å². The second-order valence-electron chi connectivity index (χ2n) is 5.80. The molecule has 0 aliphatic rings. The number of carbonyl (C=O) groups is 1. The van der Waals surface area contributed by atoms with Crippen LogP contribution in [0.4, 0.5) is 9.18 Å². The van der Waals surface area contributed by atoms with Crippen LogP contribution < -0.4 is 10.5 Å². The molecule has 0 fully saturated rings. The van der Waals surface area contributed by atoms with Crippen molar-refractivity contribution in [2.45, 2.75) is 32.9 Å². The van der Waals surface area contributed by atoms with Crippen molar-refractivity contribution < 1.29 is 24.2 Å². The monoisotopic (exact) mass is 348 g/mol. The van der Waals surface area contributed by atoms with Crippen molar-refractivity contribution in [2.75, 3.05) is 0 Å². The molecule has 2 atom stereocenters. The molecule has 2 rings (SSSR count). The van der Waals surface area contributed by atoms with Crippen LogP contribution in [0.1, 0.15) is 42.7 Å². The Kier molecular flexibility index (Phi) is 5.48. The number of urea groups is 1. The van der Waals surface area contributed by atoms with Gasteiger partial charge in [0, 0.05) is 11.1 Å². The Morgan fingerprint density at radius 3 is 2.36 bits per heavy atom. The lowest BCUT2D eigenvalue weighted by Crippen LogP contribution is -2.34. The Bertz CT molecular complexity index is 764. The number of phenolic OH excluding ortho intramolecular Hbond substituents is 1. The minimum Gasteiger partial charge on any atom is -0.507 e. The number of hydrogen-bond donors (Lipinski definition) is 3. The Morgan fingerprint density at radius 1 is 1.20 bits per heavy atom. The topological polar surface area (TPSA) is 96.0 Å². The molecule has 2 unspecified atom stereocenters.